The maximum atomic E-state index is 12.2. The number of furan rings is 2. The molecule has 4 aromatic rings. The van der Waals surface area contributed by atoms with E-state index in [2.05, 4.69) is 21.5 Å². The minimum atomic E-state index is -0.941. The highest BCUT2D eigenvalue weighted by Gasteiger charge is 2.54. The minimum absolute atomic E-state index is 0.113. The number of ether oxygens (including phenoxy) is 1. The molecule has 3 heterocycles. The van der Waals surface area contributed by atoms with Gasteiger partial charge in [-0.3, -0.25) is 10.1 Å². The molecular formula is C23H17N3O6S. The number of hydrogen-bond donors (Lipinski definition) is 3. The molecule has 5 rings (SSSR count). The highest BCUT2D eigenvalue weighted by Crippen LogP contribution is 2.50. The van der Waals surface area contributed by atoms with Crippen LogP contribution in [0.3, 0.4) is 0 Å². The Bertz CT molecular complexity index is 1390. The largest absolute Gasteiger partial charge is 0.480 e. The summed E-state index contributed by atoms with van der Waals surface area (Å²) in [6.45, 7) is 0.113. The van der Waals surface area contributed by atoms with E-state index in [9.17, 15) is 14.7 Å². The molecule has 0 aliphatic heterocycles. The van der Waals surface area contributed by atoms with E-state index in [0.717, 1.165) is 17.1 Å². The number of carboxylic acid groups (broad SMARTS) is 1. The lowest BCUT2D eigenvalue weighted by atomic mass is 10.0. The van der Waals surface area contributed by atoms with E-state index < -0.39 is 17.5 Å². The number of anilines is 2. The van der Waals surface area contributed by atoms with Crippen LogP contribution in [0.4, 0.5) is 16.3 Å². The average molecular weight is 463 g/mol. The highest BCUT2D eigenvalue weighted by molar-refractivity contribution is 7.07. The van der Waals surface area contributed by atoms with E-state index in [1.165, 1.54) is 0 Å². The summed E-state index contributed by atoms with van der Waals surface area (Å²) >= 11 is 1.03. The van der Waals surface area contributed by atoms with Gasteiger partial charge in [-0.2, -0.15) is 4.37 Å². The van der Waals surface area contributed by atoms with E-state index in [1.54, 1.807) is 12.1 Å². The van der Waals surface area contributed by atoms with E-state index in [0.29, 0.717) is 34.6 Å². The molecule has 1 saturated carbocycles. The molecule has 0 radical (unpaired) electrons. The zero-order chi connectivity index (χ0) is 23.0. The van der Waals surface area contributed by atoms with Crippen LogP contribution in [-0.4, -0.2) is 21.5 Å². The number of nitrogen functional groups attached to an aromatic ring is 1. The van der Waals surface area contributed by atoms with Crippen molar-refractivity contribution in [3.63, 3.8) is 0 Å². The monoisotopic (exact) mass is 463 g/mol. The van der Waals surface area contributed by atoms with Gasteiger partial charge in [0, 0.05) is 6.07 Å². The number of aromatic nitrogens is 1. The second-order valence-electron chi connectivity index (χ2n) is 7.56. The number of hydrogen-bond acceptors (Lipinski definition) is 8. The number of nitrogens with zero attached hydrogens (tertiary/aromatic N) is 1. The fourth-order valence-electron chi connectivity index (χ4n) is 3.32. The zero-order valence-electron chi connectivity index (χ0n) is 17.1. The van der Waals surface area contributed by atoms with Crippen molar-refractivity contribution in [3.05, 3.63) is 64.4 Å². The van der Waals surface area contributed by atoms with Crippen LogP contribution in [0.5, 0.6) is 0 Å². The number of nitrogens with two attached hydrogens (primary N) is 1. The molecule has 0 spiro atoms. The van der Waals surface area contributed by atoms with Crippen LogP contribution in [-0.2, 0) is 21.6 Å². The number of nitrogens with one attached hydrogen (secondary N) is 1. The molecule has 0 saturated heterocycles. The van der Waals surface area contributed by atoms with Gasteiger partial charge in [-0.25, -0.2) is 4.79 Å². The summed E-state index contributed by atoms with van der Waals surface area (Å²) in [5, 5.41) is 12.6. The Kier molecular flexibility index (Phi) is 5.03. The molecule has 1 aliphatic carbocycles. The van der Waals surface area contributed by atoms with E-state index in [4.69, 9.17) is 19.3 Å². The van der Waals surface area contributed by atoms with Gasteiger partial charge in [0.2, 0.25) is 0 Å². The molecule has 1 aromatic carbocycles. The third-order valence-corrected chi connectivity index (χ3v) is 6.08. The van der Waals surface area contributed by atoms with Crippen LogP contribution >= 0.6 is 11.5 Å². The summed E-state index contributed by atoms with van der Waals surface area (Å²) in [4.78, 5) is 24.1. The summed E-state index contributed by atoms with van der Waals surface area (Å²) in [6, 6.07) is 12.6. The molecular weight excluding hydrogens is 446 g/mol. The highest BCUT2D eigenvalue weighted by atomic mass is 32.1. The third kappa shape index (κ3) is 4.02. The Morgan fingerprint density at radius 2 is 2.00 bits per heavy atom. The van der Waals surface area contributed by atoms with Crippen LogP contribution < -0.4 is 11.1 Å². The second-order valence-corrected chi connectivity index (χ2v) is 8.33. The van der Waals surface area contributed by atoms with Crippen molar-refractivity contribution in [3.8, 4) is 11.8 Å². The first-order valence-electron chi connectivity index (χ1n) is 9.97. The van der Waals surface area contributed by atoms with Gasteiger partial charge in [0.15, 0.2) is 11.6 Å². The average Bonchev–Trinajstić information content (AvgIpc) is 3.24. The van der Waals surface area contributed by atoms with E-state index in [-0.39, 0.29) is 23.9 Å². The van der Waals surface area contributed by atoms with Gasteiger partial charge >= 0.3 is 12.1 Å². The van der Waals surface area contributed by atoms with Crippen molar-refractivity contribution in [2.45, 2.75) is 24.9 Å². The number of carbonyl (C=O) groups is 2. The van der Waals surface area contributed by atoms with Crippen LogP contribution in [0, 0.1) is 11.8 Å². The molecule has 9 nitrogen and oxygen atoms in total. The van der Waals surface area contributed by atoms with Crippen molar-refractivity contribution in [2.75, 3.05) is 11.1 Å². The van der Waals surface area contributed by atoms with E-state index >= 15 is 0 Å². The number of fused-ring (bicyclic) bond motifs is 1. The van der Waals surface area contributed by atoms with E-state index in [1.807, 2.05) is 30.3 Å². The summed E-state index contributed by atoms with van der Waals surface area (Å²) in [7, 11) is 0. The van der Waals surface area contributed by atoms with Gasteiger partial charge in [0.25, 0.3) is 5.78 Å². The first-order valence-corrected chi connectivity index (χ1v) is 10.7. The van der Waals surface area contributed by atoms with Gasteiger partial charge in [0.05, 0.1) is 5.39 Å². The predicted octanol–water partition coefficient (Wildman–Crippen LogP) is 4.33. The molecule has 1 fully saturated rings. The quantitative estimate of drug-likeness (QED) is 0.372. The summed E-state index contributed by atoms with van der Waals surface area (Å²) < 4.78 is 20.5. The molecule has 1 aliphatic rings. The third-order valence-electron chi connectivity index (χ3n) is 5.30. The molecule has 166 valence electrons. The maximum absolute atomic E-state index is 12.2. The maximum Gasteiger partial charge on any atom is 0.412 e. The second kappa shape index (κ2) is 8.03. The predicted molar refractivity (Wildman–Crippen MR) is 120 cm³/mol. The summed E-state index contributed by atoms with van der Waals surface area (Å²) in [5.74, 6) is 5.88. The van der Waals surface area contributed by atoms with Crippen LogP contribution in [0.2, 0.25) is 0 Å². The molecule has 10 heteroatoms. The number of carboxylic acids is 1. The molecule has 33 heavy (non-hydrogen) atoms. The van der Waals surface area contributed by atoms with Crippen LogP contribution in [0.15, 0.2) is 51.3 Å². The Morgan fingerprint density at radius 1 is 1.21 bits per heavy atom. The van der Waals surface area contributed by atoms with Crippen LogP contribution in [0.25, 0.3) is 11.2 Å². The number of rotatable bonds is 5. The first kappa shape index (κ1) is 20.7. The molecule has 0 bridgehead atoms. The first-order chi connectivity index (χ1) is 15.9. The van der Waals surface area contributed by atoms with Crippen molar-refractivity contribution < 1.29 is 28.3 Å². The number of carbonyl (C=O) groups excluding carboxylic acids is 1. The van der Waals surface area contributed by atoms with Gasteiger partial charge in [-0.15, -0.1) is 0 Å². The van der Waals surface area contributed by atoms with Crippen molar-refractivity contribution in [1.29, 1.82) is 0 Å². The van der Waals surface area contributed by atoms with Crippen molar-refractivity contribution in [1.82, 2.24) is 4.37 Å². The normalized spacial score (nSPS) is 13.8. The Balaban J connectivity index is 1.29. The molecule has 0 atom stereocenters. The summed E-state index contributed by atoms with van der Waals surface area (Å²) in [5.41, 5.74) is 6.05. The molecule has 0 unspecified atom stereocenters. The summed E-state index contributed by atoms with van der Waals surface area (Å²) in [6.07, 6.45) is 0.410. The lowest BCUT2D eigenvalue weighted by Crippen LogP contribution is -2.18. The fourth-order valence-corrected chi connectivity index (χ4v) is 3.94. The van der Waals surface area contributed by atoms with Crippen molar-refractivity contribution >= 4 is 46.3 Å². The smallest absolute Gasteiger partial charge is 0.412 e. The fraction of sp³-hybridized carbons (Fsp3) is 0.174. The zero-order valence-corrected chi connectivity index (χ0v) is 17.9. The lowest BCUT2D eigenvalue weighted by Gasteiger charge is -2.06. The standard InChI is InChI=1S/C23H17N3O6S/c24-19-18(25-22(29)30-12-13-4-2-1-3-5-13)16(33-26-19)7-6-15-10-14-11-17(32-20(14)31-15)23(8-9-23)21(27)28/h1-5,10-11H,8-9,12H2,(H2,24,26)(H,25,29)(H,27,28). The Morgan fingerprint density at radius 3 is 2.70 bits per heavy atom. The Labute approximate surface area is 191 Å². The Hall–Kier alpha value is -4.23. The SMILES string of the molecule is Nc1nsc(C#Cc2cc3cc(C4(C(=O)O)CC4)oc3o2)c1NC(=O)OCc1ccccc1. The van der Waals surface area contributed by atoms with Gasteiger partial charge < -0.3 is 24.4 Å². The molecule has 1 amide bonds. The van der Waals surface area contributed by atoms with Gasteiger partial charge in [-0.1, -0.05) is 30.3 Å². The number of aliphatic carboxylic acids is 1. The lowest BCUT2D eigenvalue weighted by molar-refractivity contribution is -0.140. The van der Waals surface area contributed by atoms with Gasteiger partial charge in [0.1, 0.15) is 28.3 Å². The number of benzene rings is 1. The minimum Gasteiger partial charge on any atom is -0.480 e. The van der Waals surface area contributed by atoms with Gasteiger partial charge in [-0.05, 0) is 47.8 Å². The van der Waals surface area contributed by atoms with Crippen molar-refractivity contribution in [2.24, 2.45) is 0 Å². The topological polar surface area (TPSA) is 141 Å². The molecule has 3 aromatic heterocycles. The van der Waals surface area contributed by atoms with Crippen LogP contribution in [0.1, 0.15) is 34.8 Å². The number of amides is 1. The molecule has 4 N–H and O–H groups in total.